The van der Waals surface area contributed by atoms with E-state index in [-0.39, 0.29) is 30.1 Å². The zero-order valence-electron chi connectivity index (χ0n) is 28.4. The molecular formula is C40H48N6O3. The molecular weight excluding hydrogens is 612 g/mol. The normalized spacial score (nSPS) is 11.0. The minimum absolute atomic E-state index is 0. The van der Waals surface area contributed by atoms with E-state index in [1.165, 1.54) is 33.0 Å². The summed E-state index contributed by atoms with van der Waals surface area (Å²) < 4.78 is 0. The van der Waals surface area contributed by atoms with E-state index in [4.69, 9.17) is 11.5 Å². The Bertz CT molecular complexity index is 1790. The highest BCUT2D eigenvalue weighted by atomic mass is 16.1. The molecule has 49 heavy (non-hydrogen) atoms. The van der Waals surface area contributed by atoms with Gasteiger partial charge in [-0.25, -0.2) is 0 Å². The van der Waals surface area contributed by atoms with Gasteiger partial charge in [0, 0.05) is 60.4 Å². The molecule has 0 bridgehead atoms. The van der Waals surface area contributed by atoms with Crippen LogP contribution in [0, 0.1) is 0 Å². The lowest BCUT2D eigenvalue weighted by atomic mass is 10.0. The minimum atomic E-state index is -0.297. The molecule has 6 aromatic rings. The number of aromatic amines is 2. The highest BCUT2D eigenvalue weighted by Crippen LogP contribution is 2.22. The summed E-state index contributed by atoms with van der Waals surface area (Å²) in [6, 6.07) is 33.1. The SMILES string of the molecule is CN(CCc1c[nH]c2ccc(CC(N)=O)cc12)Cc1ccccc1.CN(CCc1c[nH]c2ccc(CC(N)=O)cc12)Cc1ccccc1.O. The Balaban J connectivity index is 0.000000216. The average molecular weight is 661 g/mol. The van der Waals surface area contributed by atoms with Crippen molar-refractivity contribution in [2.24, 2.45) is 11.5 Å². The lowest BCUT2D eigenvalue weighted by Crippen LogP contribution is -2.20. The molecule has 0 aliphatic heterocycles. The summed E-state index contributed by atoms with van der Waals surface area (Å²) in [4.78, 5) is 33.5. The second-order valence-electron chi connectivity index (χ2n) is 12.6. The van der Waals surface area contributed by atoms with E-state index < -0.39 is 0 Å². The van der Waals surface area contributed by atoms with E-state index in [2.05, 4.69) is 107 Å². The maximum atomic E-state index is 11.1. The maximum Gasteiger partial charge on any atom is 0.221 e. The monoisotopic (exact) mass is 660 g/mol. The summed E-state index contributed by atoms with van der Waals surface area (Å²) in [5, 5.41) is 2.36. The summed E-state index contributed by atoms with van der Waals surface area (Å²) in [6.45, 7) is 3.83. The van der Waals surface area contributed by atoms with Crippen LogP contribution in [-0.4, -0.2) is 64.2 Å². The van der Waals surface area contributed by atoms with Crippen molar-refractivity contribution in [2.75, 3.05) is 27.2 Å². The fraction of sp³-hybridized carbons (Fsp3) is 0.250. The van der Waals surface area contributed by atoms with Gasteiger partial charge >= 0.3 is 0 Å². The average Bonchev–Trinajstić information content (AvgIpc) is 3.66. The third-order valence-corrected chi connectivity index (χ3v) is 8.54. The number of nitrogens with one attached hydrogen (secondary N) is 2. The van der Waals surface area contributed by atoms with Gasteiger partial charge in [0.05, 0.1) is 12.8 Å². The molecule has 4 aromatic carbocycles. The topological polar surface area (TPSA) is 156 Å². The van der Waals surface area contributed by atoms with Gasteiger partial charge < -0.3 is 36.7 Å². The molecule has 0 atom stereocenters. The van der Waals surface area contributed by atoms with Crippen molar-refractivity contribution in [3.63, 3.8) is 0 Å². The molecule has 8 N–H and O–H groups in total. The predicted molar refractivity (Wildman–Crippen MR) is 199 cm³/mol. The van der Waals surface area contributed by atoms with Gasteiger partial charge in [-0.15, -0.1) is 0 Å². The van der Waals surface area contributed by atoms with Gasteiger partial charge in [-0.2, -0.15) is 0 Å². The van der Waals surface area contributed by atoms with Crippen LogP contribution in [0.15, 0.2) is 109 Å². The number of H-pyrrole nitrogens is 2. The van der Waals surface area contributed by atoms with Gasteiger partial charge in [0.1, 0.15) is 0 Å². The number of aromatic nitrogens is 2. The lowest BCUT2D eigenvalue weighted by Gasteiger charge is -2.16. The molecule has 0 aliphatic carbocycles. The van der Waals surface area contributed by atoms with Crippen LogP contribution in [0.4, 0.5) is 0 Å². The van der Waals surface area contributed by atoms with Crippen LogP contribution in [0.25, 0.3) is 21.8 Å². The second-order valence-corrected chi connectivity index (χ2v) is 12.6. The third-order valence-electron chi connectivity index (χ3n) is 8.54. The molecule has 0 unspecified atom stereocenters. The molecule has 2 heterocycles. The molecule has 0 aliphatic rings. The molecule has 0 saturated heterocycles. The van der Waals surface area contributed by atoms with Gasteiger partial charge in [0.25, 0.3) is 0 Å². The Morgan fingerprint density at radius 3 is 1.33 bits per heavy atom. The Labute approximate surface area is 288 Å². The number of rotatable bonds is 14. The summed E-state index contributed by atoms with van der Waals surface area (Å²) >= 11 is 0. The zero-order valence-corrected chi connectivity index (χ0v) is 28.4. The second kappa shape index (κ2) is 17.8. The molecule has 2 aromatic heterocycles. The highest BCUT2D eigenvalue weighted by molar-refractivity contribution is 5.86. The summed E-state index contributed by atoms with van der Waals surface area (Å²) in [7, 11) is 4.28. The Morgan fingerprint density at radius 2 is 0.959 bits per heavy atom. The van der Waals surface area contributed by atoms with Crippen molar-refractivity contribution in [3.05, 3.63) is 143 Å². The number of benzene rings is 4. The summed E-state index contributed by atoms with van der Waals surface area (Å²) in [6.07, 6.45) is 6.62. The van der Waals surface area contributed by atoms with Crippen LogP contribution in [-0.2, 0) is 48.4 Å². The van der Waals surface area contributed by atoms with Gasteiger partial charge in [-0.1, -0.05) is 72.8 Å². The number of fused-ring (bicyclic) bond motifs is 2. The van der Waals surface area contributed by atoms with E-state index in [9.17, 15) is 9.59 Å². The highest BCUT2D eigenvalue weighted by Gasteiger charge is 2.10. The molecule has 9 heteroatoms. The van der Waals surface area contributed by atoms with Crippen molar-refractivity contribution in [1.82, 2.24) is 19.8 Å². The number of likely N-dealkylation sites (N-methyl/N-ethyl adjacent to an activating group) is 2. The van der Waals surface area contributed by atoms with Crippen LogP contribution in [0.5, 0.6) is 0 Å². The van der Waals surface area contributed by atoms with E-state index in [0.29, 0.717) is 0 Å². The first-order valence-corrected chi connectivity index (χ1v) is 16.4. The number of hydrogen-bond acceptors (Lipinski definition) is 4. The first-order valence-electron chi connectivity index (χ1n) is 16.4. The van der Waals surface area contributed by atoms with Gasteiger partial charge in [-0.05, 0) is 84.6 Å². The number of carbonyl (C=O) groups excluding carboxylic acids is 2. The zero-order chi connectivity index (χ0) is 33.9. The molecule has 0 spiro atoms. The number of carbonyl (C=O) groups is 2. The number of amides is 2. The number of nitrogens with two attached hydrogens (primary N) is 2. The molecule has 0 saturated carbocycles. The Morgan fingerprint density at radius 1 is 0.571 bits per heavy atom. The van der Waals surface area contributed by atoms with E-state index in [0.717, 1.165) is 61.2 Å². The van der Waals surface area contributed by atoms with Gasteiger partial charge in [-0.3, -0.25) is 9.59 Å². The predicted octanol–water partition coefficient (Wildman–Crippen LogP) is 4.92. The van der Waals surface area contributed by atoms with Crippen molar-refractivity contribution >= 4 is 33.6 Å². The standard InChI is InChI=1S/2C20H23N3O.H2O/c2*1-23(14-15-5-3-2-4-6-15)10-9-17-13-22-19-8-7-16(11-18(17)19)12-20(21)24;/h2*2-8,11,13,22H,9-10,12,14H2,1H3,(H2,21,24);1H2. The number of primary amides is 2. The maximum absolute atomic E-state index is 11.1. The smallest absolute Gasteiger partial charge is 0.221 e. The van der Waals surface area contributed by atoms with Crippen LogP contribution in [0.2, 0.25) is 0 Å². The van der Waals surface area contributed by atoms with Crippen LogP contribution in [0.3, 0.4) is 0 Å². The third kappa shape index (κ3) is 10.9. The lowest BCUT2D eigenvalue weighted by molar-refractivity contribution is -0.118. The Hall–Kier alpha value is -5.22. The summed E-state index contributed by atoms with van der Waals surface area (Å²) in [5.41, 5.74) is 19.9. The quantitative estimate of drug-likeness (QED) is 0.131. The molecule has 0 radical (unpaired) electrons. The van der Waals surface area contributed by atoms with E-state index >= 15 is 0 Å². The molecule has 0 fully saturated rings. The van der Waals surface area contributed by atoms with E-state index in [1.54, 1.807) is 0 Å². The molecule has 6 rings (SSSR count). The first kappa shape index (κ1) is 36.6. The first-order chi connectivity index (χ1) is 23.2. The fourth-order valence-electron chi connectivity index (χ4n) is 6.06. The van der Waals surface area contributed by atoms with Crippen molar-refractivity contribution in [3.8, 4) is 0 Å². The van der Waals surface area contributed by atoms with E-state index in [1.807, 2.05) is 36.4 Å². The summed E-state index contributed by atoms with van der Waals surface area (Å²) in [5.74, 6) is -0.594. The van der Waals surface area contributed by atoms with Gasteiger partial charge in [0.2, 0.25) is 11.8 Å². The molecule has 2 amide bonds. The van der Waals surface area contributed by atoms with Crippen molar-refractivity contribution in [1.29, 1.82) is 0 Å². The van der Waals surface area contributed by atoms with Crippen LogP contribution >= 0.6 is 0 Å². The fourth-order valence-corrected chi connectivity index (χ4v) is 6.06. The number of nitrogens with zero attached hydrogens (tertiary/aromatic N) is 2. The van der Waals surface area contributed by atoms with Crippen LogP contribution < -0.4 is 11.5 Å². The largest absolute Gasteiger partial charge is 0.412 e. The molecule has 256 valence electrons. The van der Waals surface area contributed by atoms with Crippen LogP contribution in [0.1, 0.15) is 33.4 Å². The van der Waals surface area contributed by atoms with Gasteiger partial charge in [0.15, 0.2) is 0 Å². The van der Waals surface area contributed by atoms with Crippen molar-refractivity contribution in [2.45, 2.75) is 38.8 Å². The number of hydrogen-bond donors (Lipinski definition) is 4. The Kier molecular flexibility index (Phi) is 13.3. The molecule has 9 nitrogen and oxygen atoms in total. The van der Waals surface area contributed by atoms with Crippen molar-refractivity contribution < 1.29 is 15.1 Å². The minimum Gasteiger partial charge on any atom is -0.412 e.